The van der Waals surface area contributed by atoms with Gasteiger partial charge in [0.15, 0.2) is 0 Å². The summed E-state index contributed by atoms with van der Waals surface area (Å²) in [6.45, 7) is 3.75. The number of benzene rings is 3. The summed E-state index contributed by atoms with van der Waals surface area (Å²) in [5.41, 5.74) is 5.40. The van der Waals surface area contributed by atoms with E-state index in [4.69, 9.17) is 0 Å². The lowest BCUT2D eigenvalue weighted by Crippen LogP contribution is -2.43. The van der Waals surface area contributed by atoms with Gasteiger partial charge < -0.3 is 30.5 Å². The van der Waals surface area contributed by atoms with Crippen molar-refractivity contribution >= 4 is 39.0 Å². The minimum atomic E-state index is -3.55. The van der Waals surface area contributed by atoms with Gasteiger partial charge in [0.2, 0.25) is 10.0 Å². The molecule has 0 saturated carbocycles. The van der Waals surface area contributed by atoms with E-state index in [0.717, 1.165) is 54.7 Å². The first-order chi connectivity index (χ1) is 20.5. The highest BCUT2D eigenvalue weighted by Crippen LogP contribution is 2.48. The number of carbonyl (C=O) groups is 2. The third-order valence-electron chi connectivity index (χ3n) is 7.34. The summed E-state index contributed by atoms with van der Waals surface area (Å²) in [6, 6.07) is 18.2. The molecule has 1 saturated heterocycles. The molecule has 0 unspecified atom stereocenters. The second-order valence-electron chi connectivity index (χ2n) is 10.5. The second-order valence-corrected chi connectivity index (χ2v) is 12.2. The molecule has 1 amide bonds. The van der Waals surface area contributed by atoms with Crippen LogP contribution in [0.2, 0.25) is 0 Å². The van der Waals surface area contributed by atoms with Gasteiger partial charge in [-0.25, -0.2) is 8.42 Å². The lowest BCUT2D eigenvalue weighted by atomic mass is 10.0. The molecule has 5 rings (SSSR count). The summed E-state index contributed by atoms with van der Waals surface area (Å²) in [5.74, 6) is -0.462. The van der Waals surface area contributed by atoms with E-state index < -0.39 is 16.1 Å². The van der Waals surface area contributed by atoms with Gasteiger partial charge in [-0.2, -0.15) is 0 Å². The van der Waals surface area contributed by atoms with Crippen LogP contribution < -0.4 is 20.3 Å². The van der Waals surface area contributed by atoms with Gasteiger partial charge in [0, 0.05) is 54.5 Å². The lowest BCUT2D eigenvalue weighted by molar-refractivity contribution is -0.140. The Kier molecular flexibility index (Phi) is 10.3. The predicted molar refractivity (Wildman–Crippen MR) is 167 cm³/mol. The smallest absolute Gasteiger partial charge is 0.305 e. The molecule has 12 heteroatoms. The van der Waals surface area contributed by atoms with Crippen LogP contribution in [0, 0.1) is 0 Å². The van der Waals surface area contributed by atoms with Gasteiger partial charge in [-0.15, -0.1) is 0 Å². The second kappa shape index (κ2) is 13.9. The molecule has 2 aliphatic carbocycles. The molecule has 230 valence electrons. The van der Waals surface area contributed by atoms with Crippen LogP contribution in [-0.4, -0.2) is 69.5 Å². The average Bonchev–Trinajstić information content (AvgIpc) is 3.39. The minimum absolute atomic E-state index is 0.0399. The highest BCUT2D eigenvalue weighted by Gasteiger charge is 2.26. The molecule has 0 radical (unpaired) electrons. The van der Waals surface area contributed by atoms with Crippen molar-refractivity contribution in [2.75, 3.05) is 47.9 Å². The fourth-order valence-corrected chi connectivity index (χ4v) is 5.44. The third kappa shape index (κ3) is 8.69. The SMILES string of the molecule is CCC(=O)OC.CS(=O)(=O)Nc1cc([C@@H](O)CNC2CCN(c3ccc(C(=O)Nc4c5cccc4-5)cc3)CC2)ccc1O. The standard InChI is InChI=1S/C27H30N4O5S.C4H8O2/c1-37(35,36)30-23-15-18(7-10-24(23)32)25(33)16-28-19-11-13-31(14-12-19)20-8-5-17(6-9-20)27(34)29-26-21-3-2-4-22(21)26;1-3-4(5)6-2/h2-10,15,19,25,28,30,32-33H,11-14,16H2,1H3,(H,29,34);3H2,1-2H3/t25-;/m0./s1. The summed E-state index contributed by atoms with van der Waals surface area (Å²) in [4.78, 5) is 24.7. The number of aliphatic hydroxyl groups excluding tert-OH is 1. The number of sulfonamides is 1. The van der Waals surface area contributed by atoms with Gasteiger partial charge in [-0.3, -0.25) is 14.3 Å². The number of anilines is 3. The van der Waals surface area contributed by atoms with Crippen molar-refractivity contribution in [3.05, 3.63) is 71.8 Å². The maximum absolute atomic E-state index is 12.5. The molecule has 0 bridgehead atoms. The van der Waals surface area contributed by atoms with Gasteiger partial charge in [0.1, 0.15) is 5.75 Å². The normalized spacial score (nSPS) is 14.7. The zero-order valence-electron chi connectivity index (χ0n) is 24.5. The molecule has 11 nitrogen and oxygen atoms in total. The van der Waals surface area contributed by atoms with Gasteiger partial charge in [0.25, 0.3) is 5.91 Å². The van der Waals surface area contributed by atoms with Crippen molar-refractivity contribution in [2.45, 2.75) is 38.3 Å². The van der Waals surface area contributed by atoms with Crippen molar-refractivity contribution in [2.24, 2.45) is 0 Å². The Bertz CT molecular complexity index is 1530. The van der Waals surface area contributed by atoms with Crippen LogP contribution in [-0.2, 0) is 19.6 Å². The number of piperidine rings is 1. The first-order valence-electron chi connectivity index (χ1n) is 14.1. The summed E-state index contributed by atoms with van der Waals surface area (Å²) in [6.07, 6.45) is 2.41. The number of esters is 1. The molecule has 0 spiro atoms. The van der Waals surface area contributed by atoms with Gasteiger partial charge in [0.05, 0.1) is 30.8 Å². The van der Waals surface area contributed by atoms with E-state index in [9.17, 15) is 28.2 Å². The molecule has 2 aromatic rings. The first-order valence-corrected chi connectivity index (χ1v) is 16.0. The van der Waals surface area contributed by atoms with Crippen molar-refractivity contribution < 1.29 is 33.0 Å². The van der Waals surface area contributed by atoms with Gasteiger partial charge in [-0.1, -0.05) is 31.2 Å². The van der Waals surface area contributed by atoms with Crippen LogP contribution in [0.1, 0.15) is 48.2 Å². The third-order valence-corrected chi connectivity index (χ3v) is 7.93. The number of rotatable bonds is 10. The maximum Gasteiger partial charge on any atom is 0.305 e. The van der Waals surface area contributed by atoms with Crippen LogP contribution in [0.25, 0.3) is 11.1 Å². The van der Waals surface area contributed by atoms with Crippen LogP contribution >= 0.6 is 0 Å². The molecular formula is C31H38N4O7S. The largest absolute Gasteiger partial charge is 0.506 e. The minimum Gasteiger partial charge on any atom is -0.506 e. The highest BCUT2D eigenvalue weighted by molar-refractivity contribution is 7.92. The van der Waals surface area contributed by atoms with E-state index in [1.54, 1.807) is 13.0 Å². The number of phenolic OH excluding ortho intramolecular Hbond substituents is 1. The van der Waals surface area contributed by atoms with E-state index in [1.165, 1.54) is 19.2 Å². The van der Waals surface area contributed by atoms with Crippen molar-refractivity contribution in [3.63, 3.8) is 0 Å². The number of nitrogens with one attached hydrogen (secondary N) is 3. The lowest BCUT2D eigenvalue weighted by Gasteiger charge is -2.34. The number of aliphatic hydroxyl groups is 1. The molecule has 3 aliphatic rings. The van der Waals surface area contributed by atoms with Crippen molar-refractivity contribution in [1.29, 1.82) is 0 Å². The summed E-state index contributed by atoms with van der Waals surface area (Å²) in [5, 5.41) is 26.8. The van der Waals surface area contributed by atoms with Gasteiger partial charge in [-0.05, 0) is 54.8 Å². The predicted octanol–water partition coefficient (Wildman–Crippen LogP) is 3.86. The number of amides is 1. The van der Waals surface area contributed by atoms with E-state index in [0.29, 0.717) is 24.1 Å². The van der Waals surface area contributed by atoms with Crippen LogP contribution in [0.15, 0.2) is 60.7 Å². The summed E-state index contributed by atoms with van der Waals surface area (Å²) >= 11 is 0. The number of hydrogen-bond acceptors (Lipinski definition) is 9. The number of carbonyl (C=O) groups excluding carboxylic acids is 2. The monoisotopic (exact) mass is 610 g/mol. The zero-order valence-corrected chi connectivity index (χ0v) is 25.3. The first kappa shape index (κ1) is 31.8. The average molecular weight is 611 g/mol. The number of aromatic hydroxyl groups is 1. The molecule has 1 fully saturated rings. The zero-order chi connectivity index (χ0) is 31.1. The number of hydrogen-bond donors (Lipinski definition) is 5. The fourth-order valence-electron chi connectivity index (χ4n) is 4.87. The molecular weight excluding hydrogens is 572 g/mol. The molecule has 1 atom stereocenters. The maximum atomic E-state index is 12.5. The highest BCUT2D eigenvalue weighted by atomic mass is 32.2. The fraction of sp³-hybridized carbons (Fsp3) is 0.355. The van der Waals surface area contributed by atoms with Gasteiger partial charge >= 0.3 is 5.97 Å². The molecule has 1 aliphatic heterocycles. The quantitative estimate of drug-likeness (QED) is 0.133. The Morgan fingerprint density at radius 2 is 1.70 bits per heavy atom. The van der Waals surface area contributed by atoms with Crippen LogP contribution in [0.4, 0.5) is 17.1 Å². The van der Waals surface area contributed by atoms with Crippen LogP contribution in [0.5, 0.6) is 5.75 Å². The summed E-state index contributed by atoms with van der Waals surface area (Å²) < 4.78 is 29.5. The number of methoxy groups -OCH3 is 1. The molecule has 43 heavy (non-hydrogen) atoms. The molecule has 2 aromatic carbocycles. The van der Waals surface area contributed by atoms with Crippen molar-refractivity contribution in [1.82, 2.24) is 5.32 Å². The Labute approximate surface area is 251 Å². The Morgan fingerprint density at radius 1 is 1.05 bits per heavy atom. The molecule has 5 N–H and O–H groups in total. The van der Waals surface area contributed by atoms with E-state index in [2.05, 4.69) is 25.0 Å². The van der Waals surface area contributed by atoms with E-state index in [1.807, 2.05) is 42.5 Å². The Morgan fingerprint density at radius 3 is 2.26 bits per heavy atom. The Balaban J connectivity index is 0.000000641. The number of nitrogens with zero attached hydrogens (tertiary/aromatic N) is 1. The number of para-hydroxylation sites is 1. The van der Waals surface area contributed by atoms with Crippen molar-refractivity contribution in [3.8, 4) is 16.9 Å². The van der Waals surface area contributed by atoms with Crippen LogP contribution in [0.3, 0.4) is 0 Å². The topological polar surface area (TPSA) is 157 Å². The number of phenols is 1. The summed E-state index contributed by atoms with van der Waals surface area (Å²) in [7, 11) is -2.17. The molecule has 1 heterocycles. The molecule has 0 aromatic heterocycles. The number of ether oxygens (including phenoxy) is 1. The van der Waals surface area contributed by atoms with E-state index in [-0.39, 0.29) is 29.4 Å². The van der Waals surface area contributed by atoms with E-state index >= 15 is 0 Å². The Hall–Kier alpha value is -4.13. The number of fused-ring (bicyclic) bond motifs is 1.